The number of hydrogen-bond donors (Lipinski definition) is 0. The maximum Gasteiger partial charge on any atom is 0.0548 e. The van der Waals surface area contributed by atoms with E-state index in [4.69, 9.17) is 19.9 Å². The lowest BCUT2D eigenvalue weighted by atomic mass is 9.96. The van der Waals surface area contributed by atoms with Crippen LogP contribution in [-0.4, -0.2) is 89.7 Å². The number of fused-ring (bicyclic) bond motifs is 27. The van der Waals surface area contributed by atoms with Crippen molar-refractivity contribution in [2.75, 3.05) is 0 Å². The molecule has 18 aromatic rings. The minimum absolute atomic E-state index is 0.881. The number of nitrogens with zero attached hydrogens (tertiary/aromatic N) is 18. The molecule has 0 spiro atoms. The van der Waals surface area contributed by atoms with Crippen molar-refractivity contribution >= 4 is 0 Å². The summed E-state index contributed by atoms with van der Waals surface area (Å²) in [6.07, 6.45) is 29.4. The molecule has 0 atom stereocenters. The molecule has 0 radical (unpaired) electrons. The van der Waals surface area contributed by atoms with Gasteiger partial charge in [0.15, 0.2) is 0 Å². The molecule has 0 amide bonds. The first kappa shape index (κ1) is 103. The van der Waals surface area contributed by atoms with Crippen molar-refractivity contribution in [3.8, 4) is 100 Å². The summed E-state index contributed by atoms with van der Waals surface area (Å²) in [5, 5.41) is 0. The van der Waals surface area contributed by atoms with Gasteiger partial charge in [0.1, 0.15) is 0 Å². The van der Waals surface area contributed by atoms with Crippen LogP contribution in [0.4, 0.5) is 0 Å². The third-order valence-corrected chi connectivity index (χ3v) is 33.1. The van der Waals surface area contributed by atoms with E-state index in [2.05, 4.69) is 345 Å². The fraction of sp³-hybridized carbons (Fsp3) is 0.318. The van der Waals surface area contributed by atoms with Crippen molar-refractivity contribution in [1.82, 2.24) is 89.7 Å². The summed E-state index contributed by atoms with van der Waals surface area (Å²) in [6.45, 7) is 70.4. The van der Waals surface area contributed by atoms with Crippen LogP contribution in [0.1, 0.15) is 287 Å². The highest BCUT2D eigenvalue weighted by Gasteiger charge is 2.35. The molecule has 0 aromatic carbocycles. The Morgan fingerprint density at radius 1 is 0.140 bits per heavy atom. The average Bonchev–Trinajstić information content (AvgIpc) is 1.60. The zero-order valence-corrected chi connectivity index (χ0v) is 94.0. The summed E-state index contributed by atoms with van der Waals surface area (Å²) in [4.78, 5) is 82.6. The molecule has 18 heteroatoms. The van der Waals surface area contributed by atoms with Crippen molar-refractivity contribution in [1.29, 1.82) is 0 Å². The molecule has 0 unspecified atom stereocenters. The van der Waals surface area contributed by atoms with Gasteiger partial charge in [-0.15, -0.1) is 0 Å². The van der Waals surface area contributed by atoms with Gasteiger partial charge in [0, 0.05) is 266 Å². The van der Waals surface area contributed by atoms with E-state index in [1.165, 1.54) is 347 Å². The Kier molecular flexibility index (Phi) is 28.2. The van der Waals surface area contributed by atoms with Crippen LogP contribution in [-0.2, 0) is 57.8 Å². The van der Waals surface area contributed by atoms with E-state index in [0.717, 1.165) is 97.6 Å². The third-order valence-electron chi connectivity index (χ3n) is 33.1. The molecule has 756 valence electrons. The zero-order chi connectivity index (χ0) is 107. The van der Waals surface area contributed by atoms with Gasteiger partial charge in [-0.05, 0) is 422 Å². The van der Waals surface area contributed by atoms with E-state index in [1.807, 2.05) is 82.0 Å². The first-order chi connectivity index (χ1) is 71.5. The van der Waals surface area contributed by atoms with E-state index in [1.54, 1.807) is 0 Å². The van der Waals surface area contributed by atoms with Crippen LogP contribution in [0, 0.1) is 228 Å². The van der Waals surface area contributed by atoms with Gasteiger partial charge in [-0.1, -0.05) is 12.1 Å². The number of hydrogen-bond acceptors (Lipinski definition) is 18. The summed E-state index contributed by atoms with van der Waals surface area (Å²) in [7, 11) is 0. The van der Waals surface area contributed by atoms with Crippen molar-refractivity contribution in [3.05, 3.63) is 416 Å². The number of pyridine rings is 18. The van der Waals surface area contributed by atoms with Crippen LogP contribution in [0.3, 0.4) is 0 Å². The molecule has 0 saturated heterocycles. The first-order valence-electron chi connectivity index (χ1n) is 52.8. The van der Waals surface area contributed by atoms with Crippen LogP contribution in [0.5, 0.6) is 0 Å². The predicted molar refractivity (Wildman–Crippen MR) is 609 cm³/mol. The molecule has 9 aliphatic rings. The summed E-state index contributed by atoms with van der Waals surface area (Å²) < 4.78 is 0. The van der Waals surface area contributed by atoms with E-state index >= 15 is 0 Å². The molecule has 0 fully saturated rings. The van der Waals surface area contributed by atoms with E-state index < -0.39 is 0 Å². The van der Waals surface area contributed by atoms with Crippen LogP contribution in [0.25, 0.3) is 100 Å². The predicted octanol–water partition coefficient (Wildman–Crippen LogP) is 28.6. The van der Waals surface area contributed by atoms with Gasteiger partial charge in [0.05, 0.1) is 102 Å². The van der Waals surface area contributed by atoms with Crippen molar-refractivity contribution < 1.29 is 0 Å². The van der Waals surface area contributed by atoms with Gasteiger partial charge in [-0.25, -0.2) is 0 Å². The van der Waals surface area contributed by atoms with Crippen LogP contribution < -0.4 is 0 Å². The maximum absolute atomic E-state index is 4.73. The SMILES string of the molecule is Cc1cc(C)c2c(n1)Cc1ncc(C)c(C)c1-2.Cc1cc2c(nc1C)Cc1ncc(C)c(C)c1-2.Cc1ccc2c(n1)Cc1nc(C)c(C)c(C)c1-2.Cc1ccc2c(n1)Cc1ncc(C)c(C)c1-2.Cc1ccnc2c1-c1c(nc(C)c(C)c1C)C2.Cc1cnc2c(c1)-c1c(nc(C)c(C)c1C)C2.Cc1cnc2c(c1)-c1c(ncc(C)c1C)C2.Cc1cnc2c(c1C)-c1c(C)ccnc1C2.Cc1cnc2c(c1C)-c1c(ncc(C)c1C)C2. The molecular formula is C132H138N18. The van der Waals surface area contributed by atoms with Crippen molar-refractivity contribution in [2.45, 2.75) is 286 Å². The highest BCUT2D eigenvalue weighted by molar-refractivity contribution is 5.87. The lowest BCUT2D eigenvalue weighted by Gasteiger charge is -2.12. The monoisotopic (exact) mass is 1980 g/mol. The minimum atomic E-state index is 0.881. The lowest BCUT2D eigenvalue weighted by Crippen LogP contribution is -1.98. The molecule has 0 saturated carbocycles. The van der Waals surface area contributed by atoms with Gasteiger partial charge in [0.2, 0.25) is 0 Å². The van der Waals surface area contributed by atoms with Gasteiger partial charge in [0.25, 0.3) is 0 Å². The fourth-order valence-electron chi connectivity index (χ4n) is 23.0. The smallest absolute Gasteiger partial charge is 0.0548 e. The number of aryl methyl sites for hydroxylation is 20. The van der Waals surface area contributed by atoms with Crippen LogP contribution in [0.15, 0.2) is 129 Å². The van der Waals surface area contributed by atoms with Crippen molar-refractivity contribution in [2.24, 2.45) is 0 Å². The molecular weight excluding hydrogens is 1840 g/mol. The van der Waals surface area contributed by atoms with E-state index in [-0.39, 0.29) is 0 Å². The van der Waals surface area contributed by atoms with E-state index in [9.17, 15) is 0 Å². The van der Waals surface area contributed by atoms with E-state index in [0.29, 0.717) is 0 Å². The average molecular weight is 1980 g/mol. The molecule has 0 bridgehead atoms. The highest BCUT2D eigenvalue weighted by atomic mass is 14.8. The Morgan fingerprint density at radius 3 is 0.753 bits per heavy atom. The normalized spacial score (nSPS) is 12.5. The molecule has 9 aliphatic carbocycles. The Labute approximate surface area is 886 Å². The van der Waals surface area contributed by atoms with Crippen LogP contribution in [0.2, 0.25) is 0 Å². The molecule has 150 heavy (non-hydrogen) atoms. The highest BCUT2D eigenvalue weighted by Crippen LogP contribution is 2.49. The number of aromatic nitrogens is 18. The summed E-state index contributed by atoms with van der Waals surface area (Å²) in [5.74, 6) is 0. The molecule has 18 heterocycles. The second-order valence-corrected chi connectivity index (χ2v) is 43.2. The van der Waals surface area contributed by atoms with Gasteiger partial charge in [-0.2, -0.15) is 0 Å². The standard InChI is InChI=1S/6C15H16N2.3C14H14N2/c1-8-6-16-12-5-13-15(14(12)10(8)3)11(4)9(2)7-17-13;1-8-5-12-13(17-11(8)4)6-14-15(12)10(3)9(2)7-16-14;1-8-5-10(3)17-13-6-12-15(14(8)13)11(4)9(2)7-16-12;1-8-5-12-13(16-7-8)6-14-15(12)10(3)9(2)11(4)17-14;1-8-5-6-16-12-7-13-15(14(8)12)10(3)9(2)11(4)17-13;1-8-5-6-12-13(16-8)7-14-15(12)10(3)9(2)11(4)17-14;1-8-4-11-12(15-6-8)5-13-14(11)10(3)9(2)7-16-13;1-8-7-15-13-6-12-11(14(13)10(8)3)5-4-9(2)16-12;1-8-4-5-15-11-6-12-14(13(8)11)10(3)9(2)7-16-12/h6-7H,5H2,1-4H3;3*5,7H,6H2,1-4H3;2*5-6H,7H2,1-4H3;4,6-7H,5H2,1-3H3;2*4-5,7H,6H2,1-3H3. The Hall–Kier alpha value is -15.3. The topological polar surface area (TPSA) is 232 Å². The largest absolute Gasteiger partial charge is 0.260 e. The van der Waals surface area contributed by atoms with Gasteiger partial charge < -0.3 is 0 Å². The van der Waals surface area contributed by atoms with Gasteiger partial charge >= 0.3 is 0 Å². The minimum Gasteiger partial charge on any atom is -0.260 e. The summed E-state index contributed by atoms with van der Waals surface area (Å²) >= 11 is 0. The Morgan fingerprint density at radius 2 is 0.373 bits per heavy atom. The first-order valence-corrected chi connectivity index (χ1v) is 52.8. The quantitative estimate of drug-likeness (QED) is 0.137. The Bertz CT molecular complexity index is 8630. The summed E-state index contributed by atoms with van der Waals surface area (Å²) in [6, 6.07) is 21.6. The fourth-order valence-corrected chi connectivity index (χ4v) is 23.0. The Balaban J connectivity index is 0.000000106. The van der Waals surface area contributed by atoms with Gasteiger partial charge in [-0.3, -0.25) is 89.7 Å². The van der Waals surface area contributed by atoms with Crippen molar-refractivity contribution in [3.63, 3.8) is 0 Å². The summed E-state index contributed by atoms with van der Waals surface area (Å²) in [5.41, 5.74) is 86.5. The second kappa shape index (κ2) is 41.0. The van der Waals surface area contributed by atoms with Crippen LogP contribution >= 0.6 is 0 Å². The molecule has 18 aromatic heterocycles. The zero-order valence-electron chi connectivity index (χ0n) is 94.0. The second-order valence-electron chi connectivity index (χ2n) is 43.2. The molecule has 18 nitrogen and oxygen atoms in total. The maximum atomic E-state index is 4.73. The third kappa shape index (κ3) is 19.0. The molecule has 27 rings (SSSR count). The molecule has 0 N–H and O–H groups in total. The molecule has 0 aliphatic heterocycles. The number of rotatable bonds is 0. The lowest BCUT2D eigenvalue weighted by molar-refractivity contribution is 1.00.